The van der Waals surface area contributed by atoms with Gasteiger partial charge in [-0.3, -0.25) is 4.79 Å². The number of nitrogens with zero attached hydrogens (tertiary/aromatic N) is 4. The first-order chi connectivity index (χ1) is 13.4. The van der Waals surface area contributed by atoms with E-state index in [0.29, 0.717) is 17.8 Å². The predicted octanol–water partition coefficient (Wildman–Crippen LogP) is 4.24. The van der Waals surface area contributed by atoms with Crippen LogP contribution in [0.4, 0.5) is 4.39 Å². The molecule has 0 saturated heterocycles. The molecule has 4 aliphatic carbocycles. The molecule has 1 aromatic heterocycles. The van der Waals surface area contributed by atoms with Crippen molar-refractivity contribution in [2.75, 3.05) is 0 Å². The number of carbonyl (C=O) groups is 1. The third-order valence-electron chi connectivity index (χ3n) is 9.37. The lowest BCUT2D eigenvalue weighted by atomic mass is 9.48. The number of fused-ring (bicyclic) bond motifs is 5. The van der Waals surface area contributed by atoms with Crippen LogP contribution in [0.15, 0.2) is 6.33 Å². The number of aromatic nitrogens is 4. The van der Waals surface area contributed by atoms with Crippen molar-refractivity contribution >= 4 is 5.78 Å². The van der Waals surface area contributed by atoms with Gasteiger partial charge in [0, 0.05) is 5.92 Å². The van der Waals surface area contributed by atoms with Crippen molar-refractivity contribution in [1.82, 2.24) is 20.2 Å². The summed E-state index contributed by atoms with van der Waals surface area (Å²) in [6, 6.07) is 0. The fraction of sp³-hybridized carbons (Fsp3) is 0.909. The SMILES string of the molecule is C[C@H]1CC[C@]2(F)C3CC[C@@]4(C)C(CC[C@@H]4C(=O)Cn4ncnn4)[C@@H]3CC[C@@H]2C1. The average Bonchev–Trinajstić information content (AvgIpc) is 3.29. The molecule has 0 N–H and O–H groups in total. The highest BCUT2D eigenvalue weighted by Gasteiger charge is 2.62. The molecule has 1 aromatic rings. The highest BCUT2D eigenvalue weighted by molar-refractivity contribution is 5.81. The average molecular weight is 389 g/mol. The molecule has 4 aliphatic rings. The Labute approximate surface area is 166 Å². The van der Waals surface area contributed by atoms with E-state index in [1.54, 1.807) is 0 Å². The number of halogens is 1. The van der Waals surface area contributed by atoms with E-state index < -0.39 is 5.67 Å². The van der Waals surface area contributed by atoms with Crippen molar-refractivity contribution in [2.24, 2.45) is 40.9 Å². The lowest BCUT2D eigenvalue weighted by Gasteiger charge is -2.58. The zero-order valence-electron chi connectivity index (χ0n) is 17.2. The summed E-state index contributed by atoms with van der Waals surface area (Å²) in [7, 11) is 0. The molecule has 4 fully saturated rings. The molecule has 0 radical (unpaired) electrons. The topological polar surface area (TPSA) is 60.7 Å². The maximum absolute atomic E-state index is 16.3. The maximum Gasteiger partial charge on any atom is 0.162 e. The smallest absolute Gasteiger partial charge is 0.162 e. The number of hydrogen-bond acceptors (Lipinski definition) is 4. The zero-order chi connectivity index (χ0) is 19.5. The fourth-order valence-electron chi connectivity index (χ4n) is 8.04. The van der Waals surface area contributed by atoms with E-state index in [1.165, 1.54) is 17.5 Å². The summed E-state index contributed by atoms with van der Waals surface area (Å²) < 4.78 is 16.3. The van der Waals surface area contributed by atoms with Gasteiger partial charge in [-0.1, -0.05) is 13.8 Å². The number of alkyl halides is 1. The van der Waals surface area contributed by atoms with Gasteiger partial charge in [0.1, 0.15) is 12.2 Å². The lowest BCUT2D eigenvalue weighted by molar-refractivity contribution is -0.146. The monoisotopic (exact) mass is 388 g/mol. The molecule has 0 aliphatic heterocycles. The highest BCUT2D eigenvalue weighted by atomic mass is 19.1. The van der Waals surface area contributed by atoms with Gasteiger partial charge in [-0.25, -0.2) is 4.39 Å². The molecule has 8 atom stereocenters. The summed E-state index contributed by atoms with van der Waals surface area (Å²) in [5, 5.41) is 11.6. The van der Waals surface area contributed by atoms with Crippen LogP contribution in [-0.2, 0) is 11.3 Å². The van der Waals surface area contributed by atoms with Gasteiger partial charge in [0.15, 0.2) is 12.1 Å². The number of carbonyl (C=O) groups excluding carboxylic acids is 1. The number of Topliss-reactive ketones (excluding diaryl/α,β-unsaturated/α-hetero) is 1. The normalized spacial score (nSPS) is 47.8. The van der Waals surface area contributed by atoms with E-state index in [2.05, 4.69) is 29.3 Å². The van der Waals surface area contributed by atoms with E-state index in [9.17, 15) is 4.79 Å². The van der Waals surface area contributed by atoms with E-state index in [0.717, 1.165) is 51.4 Å². The van der Waals surface area contributed by atoms with E-state index in [4.69, 9.17) is 0 Å². The van der Waals surface area contributed by atoms with Crippen molar-refractivity contribution in [3.05, 3.63) is 6.33 Å². The second-order valence-corrected chi connectivity index (χ2v) is 10.6. The third-order valence-corrected chi connectivity index (χ3v) is 9.37. The Hall–Kier alpha value is -1.33. The van der Waals surface area contributed by atoms with E-state index >= 15 is 4.39 Å². The Morgan fingerprint density at radius 2 is 2.00 bits per heavy atom. The predicted molar refractivity (Wildman–Crippen MR) is 103 cm³/mol. The van der Waals surface area contributed by atoms with Crippen LogP contribution in [-0.4, -0.2) is 31.7 Å². The molecule has 1 heterocycles. The fourth-order valence-corrected chi connectivity index (χ4v) is 8.04. The van der Waals surface area contributed by atoms with Crippen LogP contribution in [0.2, 0.25) is 0 Å². The first kappa shape index (κ1) is 18.7. The van der Waals surface area contributed by atoms with Crippen molar-refractivity contribution in [2.45, 2.75) is 83.8 Å². The molecule has 28 heavy (non-hydrogen) atoms. The summed E-state index contributed by atoms with van der Waals surface area (Å²) >= 11 is 0. The Kier molecular flexibility index (Phi) is 4.40. The minimum absolute atomic E-state index is 0.0178. The Morgan fingerprint density at radius 1 is 1.14 bits per heavy atom. The van der Waals surface area contributed by atoms with Crippen LogP contribution in [0.3, 0.4) is 0 Å². The standard InChI is InChI=1S/C22H33FN4O/c1-14-7-10-22(23)15(11-14)3-4-16-17-5-6-19(21(17,2)9-8-18(16)22)20(28)12-27-25-13-24-26-27/h13-19H,3-12H2,1-2H3/t14-,15+,16-,17?,18?,19+,21-,22+/m0/s1. The summed E-state index contributed by atoms with van der Waals surface area (Å²) in [5.74, 6) is 2.44. The largest absolute Gasteiger partial charge is 0.297 e. The molecule has 6 heteroatoms. The van der Waals surface area contributed by atoms with Gasteiger partial charge in [0.25, 0.3) is 0 Å². The van der Waals surface area contributed by atoms with Crippen LogP contribution >= 0.6 is 0 Å². The zero-order valence-corrected chi connectivity index (χ0v) is 17.2. The summed E-state index contributed by atoms with van der Waals surface area (Å²) in [4.78, 5) is 14.5. The van der Waals surface area contributed by atoms with Crippen LogP contribution < -0.4 is 0 Å². The summed E-state index contributed by atoms with van der Waals surface area (Å²) in [5.41, 5.74) is -0.923. The molecular weight excluding hydrogens is 355 g/mol. The molecule has 0 spiro atoms. The number of hydrogen-bond donors (Lipinski definition) is 0. The number of ketones is 1. The van der Waals surface area contributed by atoms with Gasteiger partial charge in [-0.05, 0) is 98.0 Å². The Balaban J connectivity index is 1.36. The first-order valence-corrected chi connectivity index (χ1v) is 11.3. The van der Waals surface area contributed by atoms with Gasteiger partial charge in [0.2, 0.25) is 0 Å². The molecule has 2 unspecified atom stereocenters. The van der Waals surface area contributed by atoms with Crippen molar-refractivity contribution in [3.8, 4) is 0 Å². The van der Waals surface area contributed by atoms with Crippen LogP contribution in [0.25, 0.3) is 0 Å². The molecular formula is C22H33FN4O. The third kappa shape index (κ3) is 2.69. The van der Waals surface area contributed by atoms with Crippen LogP contribution in [0, 0.1) is 40.9 Å². The van der Waals surface area contributed by atoms with Crippen molar-refractivity contribution in [1.29, 1.82) is 0 Å². The minimum Gasteiger partial charge on any atom is -0.297 e. The molecule has 0 aromatic carbocycles. The van der Waals surface area contributed by atoms with Crippen molar-refractivity contribution < 1.29 is 9.18 Å². The quantitative estimate of drug-likeness (QED) is 0.777. The van der Waals surface area contributed by atoms with Crippen LogP contribution in [0.5, 0.6) is 0 Å². The number of tetrazole rings is 1. The second-order valence-electron chi connectivity index (χ2n) is 10.6. The number of rotatable bonds is 3. The Morgan fingerprint density at radius 3 is 2.79 bits per heavy atom. The lowest BCUT2D eigenvalue weighted by Crippen LogP contribution is -2.56. The summed E-state index contributed by atoms with van der Waals surface area (Å²) in [6.07, 6.45) is 10.5. The molecule has 5 rings (SSSR count). The second kappa shape index (κ2) is 6.60. The van der Waals surface area contributed by atoms with Gasteiger partial charge in [0.05, 0.1) is 0 Å². The van der Waals surface area contributed by atoms with Gasteiger partial charge >= 0.3 is 0 Å². The van der Waals surface area contributed by atoms with E-state index in [-0.39, 0.29) is 35.5 Å². The maximum atomic E-state index is 16.3. The van der Waals surface area contributed by atoms with Crippen LogP contribution in [0.1, 0.15) is 71.6 Å². The van der Waals surface area contributed by atoms with Gasteiger partial charge in [-0.2, -0.15) is 4.80 Å². The molecule has 4 saturated carbocycles. The molecule has 0 bridgehead atoms. The van der Waals surface area contributed by atoms with Crippen molar-refractivity contribution in [3.63, 3.8) is 0 Å². The first-order valence-electron chi connectivity index (χ1n) is 11.3. The minimum atomic E-state index is -0.941. The highest BCUT2D eigenvalue weighted by Crippen LogP contribution is 2.66. The summed E-state index contributed by atoms with van der Waals surface area (Å²) in [6.45, 7) is 4.83. The van der Waals surface area contributed by atoms with E-state index in [1.807, 2.05) is 0 Å². The Bertz CT molecular complexity index is 739. The van der Waals surface area contributed by atoms with Gasteiger partial charge < -0.3 is 0 Å². The molecule has 154 valence electrons. The van der Waals surface area contributed by atoms with Gasteiger partial charge in [-0.15, -0.1) is 10.2 Å². The molecule has 5 nitrogen and oxygen atoms in total. The molecule has 0 amide bonds.